The number of hydrogen-bond acceptors (Lipinski definition) is 4. The van der Waals surface area contributed by atoms with Crippen molar-refractivity contribution in [3.05, 3.63) is 76.6 Å². The molecule has 0 radical (unpaired) electrons. The van der Waals surface area contributed by atoms with E-state index in [4.69, 9.17) is 11.0 Å². The first-order valence-electron chi connectivity index (χ1n) is 7.84. The summed E-state index contributed by atoms with van der Waals surface area (Å²) < 4.78 is 1.64. The summed E-state index contributed by atoms with van der Waals surface area (Å²) in [5, 5.41) is 8.97. The van der Waals surface area contributed by atoms with E-state index in [1.807, 2.05) is 26.0 Å². The van der Waals surface area contributed by atoms with Crippen LogP contribution in [0, 0.1) is 37.0 Å². The lowest BCUT2D eigenvalue weighted by Gasteiger charge is -2.07. The van der Waals surface area contributed by atoms with Crippen LogP contribution in [0.25, 0.3) is 5.69 Å². The van der Waals surface area contributed by atoms with Gasteiger partial charge in [-0.15, -0.1) is 0 Å². The van der Waals surface area contributed by atoms with Gasteiger partial charge in [0.2, 0.25) is 5.82 Å². The maximum atomic E-state index is 11.8. The molecular weight excluding hydrogens is 326 g/mol. The fraction of sp³-hybridized carbons (Fsp3) is 0.100. The number of carbonyl (C=O) groups excluding carboxylic acids is 1. The fourth-order valence-electron chi connectivity index (χ4n) is 2.49. The summed E-state index contributed by atoms with van der Waals surface area (Å²) in [5.41, 5.74) is 9.39. The minimum Gasteiger partial charge on any atom is -0.363 e. The minimum absolute atomic E-state index is 0.100. The van der Waals surface area contributed by atoms with Crippen LogP contribution >= 0.6 is 0 Å². The van der Waals surface area contributed by atoms with Gasteiger partial charge in [0, 0.05) is 11.3 Å². The number of hydrogen-bond donors (Lipinski definition) is 1. The SMILES string of the molecule is Cc1ccc(-n2c(C(N)=O)nc(C#Cc3cccc(C#N)c3)c2C)cn1. The average molecular weight is 341 g/mol. The molecule has 126 valence electrons. The van der Waals surface area contributed by atoms with Gasteiger partial charge in [0.05, 0.1) is 29.2 Å². The molecule has 0 fully saturated rings. The number of nitriles is 1. The number of imidazole rings is 1. The van der Waals surface area contributed by atoms with E-state index in [9.17, 15) is 4.79 Å². The molecule has 0 saturated carbocycles. The number of benzene rings is 1. The van der Waals surface area contributed by atoms with Crippen LogP contribution in [0.4, 0.5) is 0 Å². The Morgan fingerprint density at radius 2 is 1.92 bits per heavy atom. The van der Waals surface area contributed by atoms with Crippen molar-refractivity contribution in [3.63, 3.8) is 0 Å². The Hall–Kier alpha value is -3.90. The van der Waals surface area contributed by atoms with Crippen molar-refractivity contribution >= 4 is 5.91 Å². The highest BCUT2D eigenvalue weighted by atomic mass is 16.1. The third kappa shape index (κ3) is 3.31. The van der Waals surface area contributed by atoms with Gasteiger partial charge in [-0.3, -0.25) is 14.3 Å². The largest absolute Gasteiger partial charge is 0.363 e. The standard InChI is InChI=1S/C20H15N5O/c1-13-6-8-17(12-23-13)25-14(2)18(24-20(25)19(22)26)9-7-15-4-3-5-16(10-15)11-21/h3-6,8,10,12H,1-2H3,(H2,22,26). The Balaban J connectivity index is 2.09. The van der Waals surface area contributed by atoms with E-state index in [0.29, 0.717) is 28.2 Å². The topological polar surface area (TPSA) is 97.6 Å². The Morgan fingerprint density at radius 1 is 1.15 bits per heavy atom. The first kappa shape index (κ1) is 16.9. The summed E-state index contributed by atoms with van der Waals surface area (Å²) in [5.74, 6) is 5.38. The molecule has 0 atom stereocenters. The van der Waals surface area contributed by atoms with Crippen LogP contribution in [0.2, 0.25) is 0 Å². The third-order valence-corrected chi connectivity index (χ3v) is 3.80. The molecular formula is C20H15N5O. The number of rotatable bonds is 2. The summed E-state index contributed by atoms with van der Waals surface area (Å²) in [7, 11) is 0. The number of amides is 1. The summed E-state index contributed by atoms with van der Waals surface area (Å²) >= 11 is 0. The van der Waals surface area contributed by atoms with Gasteiger partial charge < -0.3 is 5.73 Å². The first-order chi connectivity index (χ1) is 12.5. The molecule has 2 heterocycles. The van der Waals surface area contributed by atoms with Crippen molar-refractivity contribution in [2.75, 3.05) is 0 Å². The van der Waals surface area contributed by atoms with Crippen molar-refractivity contribution in [1.29, 1.82) is 5.26 Å². The van der Waals surface area contributed by atoms with Crippen molar-refractivity contribution in [2.24, 2.45) is 5.73 Å². The van der Waals surface area contributed by atoms with Crippen LogP contribution in [0.5, 0.6) is 0 Å². The zero-order chi connectivity index (χ0) is 18.7. The molecule has 0 aliphatic carbocycles. The molecule has 0 aliphatic heterocycles. The second kappa shape index (κ2) is 6.92. The highest BCUT2D eigenvalue weighted by Gasteiger charge is 2.18. The molecule has 1 aromatic carbocycles. The maximum Gasteiger partial charge on any atom is 0.285 e. The zero-order valence-electron chi connectivity index (χ0n) is 14.3. The average Bonchev–Trinajstić information content (AvgIpc) is 2.98. The molecule has 1 amide bonds. The third-order valence-electron chi connectivity index (χ3n) is 3.80. The van der Waals surface area contributed by atoms with E-state index in [2.05, 4.69) is 27.9 Å². The molecule has 0 saturated heterocycles. The van der Waals surface area contributed by atoms with Gasteiger partial charge in [0.15, 0.2) is 0 Å². The zero-order valence-corrected chi connectivity index (χ0v) is 14.3. The maximum absolute atomic E-state index is 11.8. The summed E-state index contributed by atoms with van der Waals surface area (Å²) in [6.07, 6.45) is 1.66. The normalized spacial score (nSPS) is 9.88. The monoisotopic (exact) mass is 341 g/mol. The van der Waals surface area contributed by atoms with Crippen LogP contribution < -0.4 is 5.73 Å². The number of primary amides is 1. The van der Waals surface area contributed by atoms with Crippen molar-refractivity contribution in [2.45, 2.75) is 13.8 Å². The number of pyridine rings is 1. The Kier molecular flexibility index (Phi) is 4.51. The lowest BCUT2D eigenvalue weighted by molar-refractivity contribution is 0.0988. The molecule has 0 bridgehead atoms. The summed E-state index contributed by atoms with van der Waals surface area (Å²) in [6.45, 7) is 3.70. The highest BCUT2D eigenvalue weighted by molar-refractivity contribution is 5.90. The lowest BCUT2D eigenvalue weighted by Crippen LogP contribution is -2.18. The van der Waals surface area contributed by atoms with Crippen molar-refractivity contribution in [1.82, 2.24) is 14.5 Å². The van der Waals surface area contributed by atoms with Gasteiger partial charge in [-0.2, -0.15) is 5.26 Å². The summed E-state index contributed by atoms with van der Waals surface area (Å²) in [4.78, 5) is 20.4. The van der Waals surface area contributed by atoms with Gasteiger partial charge in [0.25, 0.3) is 5.91 Å². The fourth-order valence-corrected chi connectivity index (χ4v) is 2.49. The van der Waals surface area contributed by atoms with Gasteiger partial charge in [0.1, 0.15) is 5.69 Å². The number of aromatic nitrogens is 3. The Morgan fingerprint density at radius 3 is 2.58 bits per heavy atom. The lowest BCUT2D eigenvalue weighted by atomic mass is 10.1. The molecule has 0 unspecified atom stereocenters. The molecule has 26 heavy (non-hydrogen) atoms. The molecule has 3 aromatic rings. The Bertz CT molecular complexity index is 1090. The van der Waals surface area contributed by atoms with Crippen LogP contribution in [0.15, 0.2) is 42.6 Å². The van der Waals surface area contributed by atoms with Crippen LogP contribution in [0.3, 0.4) is 0 Å². The van der Waals surface area contributed by atoms with Crippen LogP contribution in [-0.4, -0.2) is 20.4 Å². The molecule has 6 nitrogen and oxygen atoms in total. The quantitative estimate of drug-likeness (QED) is 0.723. The predicted octanol–water partition coefficient (Wildman–Crippen LogP) is 2.25. The second-order valence-corrected chi connectivity index (χ2v) is 5.67. The number of nitrogens with zero attached hydrogens (tertiary/aromatic N) is 4. The molecule has 3 rings (SSSR count). The number of aryl methyl sites for hydroxylation is 1. The van der Waals surface area contributed by atoms with Crippen LogP contribution in [0.1, 0.15) is 38.8 Å². The van der Waals surface area contributed by atoms with Gasteiger partial charge in [-0.1, -0.05) is 12.0 Å². The van der Waals surface area contributed by atoms with E-state index in [-0.39, 0.29) is 5.82 Å². The van der Waals surface area contributed by atoms with E-state index in [1.54, 1.807) is 35.0 Å². The van der Waals surface area contributed by atoms with Gasteiger partial charge in [-0.05, 0) is 50.1 Å². The van der Waals surface area contributed by atoms with Crippen molar-refractivity contribution < 1.29 is 4.79 Å². The van der Waals surface area contributed by atoms with E-state index in [0.717, 1.165) is 5.69 Å². The van der Waals surface area contributed by atoms with Gasteiger partial charge >= 0.3 is 0 Å². The second-order valence-electron chi connectivity index (χ2n) is 5.67. The molecule has 2 aromatic heterocycles. The molecule has 6 heteroatoms. The highest BCUT2D eigenvalue weighted by Crippen LogP contribution is 2.17. The van der Waals surface area contributed by atoms with Gasteiger partial charge in [-0.25, -0.2) is 4.98 Å². The van der Waals surface area contributed by atoms with E-state index in [1.165, 1.54) is 0 Å². The van der Waals surface area contributed by atoms with E-state index < -0.39 is 5.91 Å². The molecule has 0 aliphatic rings. The van der Waals surface area contributed by atoms with Crippen molar-refractivity contribution in [3.8, 4) is 23.6 Å². The van der Waals surface area contributed by atoms with Crippen LogP contribution in [-0.2, 0) is 0 Å². The first-order valence-corrected chi connectivity index (χ1v) is 7.84. The number of carbonyl (C=O) groups is 1. The predicted molar refractivity (Wildman–Crippen MR) is 96.5 cm³/mol. The van der Waals surface area contributed by atoms with E-state index >= 15 is 0 Å². The molecule has 2 N–H and O–H groups in total. The smallest absolute Gasteiger partial charge is 0.285 e. The number of nitrogens with two attached hydrogens (primary N) is 1. The minimum atomic E-state index is -0.645. The molecule has 0 spiro atoms. The summed E-state index contributed by atoms with van der Waals surface area (Å²) in [6, 6.07) is 12.7. The Labute approximate surface area is 150 Å².